The van der Waals surface area contributed by atoms with E-state index in [1.54, 1.807) is 0 Å². The van der Waals surface area contributed by atoms with Crippen LogP contribution in [0.4, 0.5) is 0 Å². The van der Waals surface area contributed by atoms with Crippen molar-refractivity contribution < 1.29 is 4.79 Å². The van der Waals surface area contributed by atoms with E-state index in [0.717, 1.165) is 30.7 Å². The standard InChI is InChI=1S/C19H30N4O3/c1-13(2)16-12-22(9-7-17(24)23(16)11-14-4-5-14)8-6-15-10-20-19(26)21(3)18(15)25/h10,13-14,16H,4-9,11-12H2,1-3H3,(H,20,26). The largest absolute Gasteiger partial charge is 0.338 e. The fraction of sp³-hybridized carbons (Fsp3) is 0.737. The maximum Gasteiger partial charge on any atom is 0.328 e. The van der Waals surface area contributed by atoms with Crippen LogP contribution in [0.3, 0.4) is 0 Å². The van der Waals surface area contributed by atoms with Crippen molar-refractivity contribution in [3.05, 3.63) is 32.6 Å². The summed E-state index contributed by atoms with van der Waals surface area (Å²) in [6.45, 7) is 7.55. The molecule has 1 aromatic heterocycles. The molecule has 1 aromatic rings. The van der Waals surface area contributed by atoms with E-state index < -0.39 is 5.69 Å². The van der Waals surface area contributed by atoms with Gasteiger partial charge in [-0.2, -0.15) is 0 Å². The molecule has 2 fully saturated rings. The Morgan fingerprint density at radius 1 is 1.23 bits per heavy atom. The molecular weight excluding hydrogens is 332 g/mol. The second-order valence-electron chi connectivity index (χ2n) is 8.08. The van der Waals surface area contributed by atoms with Crippen LogP contribution >= 0.6 is 0 Å². The highest BCUT2D eigenvalue weighted by molar-refractivity contribution is 5.77. The second kappa shape index (κ2) is 7.78. The van der Waals surface area contributed by atoms with Crippen LogP contribution < -0.4 is 11.2 Å². The van der Waals surface area contributed by atoms with Crippen molar-refractivity contribution in [3.63, 3.8) is 0 Å². The maximum atomic E-state index is 12.7. The molecule has 1 saturated heterocycles. The molecule has 3 rings (SSSR count). The average molecular weight is 362 g/mol. The Balaban J connectivity index is 1.68. The number of nitrogens with one attached hydrogen (secondary N) is 1. The number of aromatic amines is 1. The molecule has 1 unspecified atom stereocenters. The highest BCUT2D eigenvalue weighted by Gasteiger charge is 2.35. The first-order valence-corrected chi connectivity index (χ1v) is 9.66. The molecule has 0 aromatic carbocycles. The monoisotopic (exact) mass is 362 g/mol. The summed E-state index contributed by atoms with van der Waals surface area (Å²) >= 11 is 0. The van der Waals surface area contributed by atoms with Gasteiger partial charge in [0, 0.05) is 57.4 Å². The quantitative estimate of drug-likeness (QED) is 0.803. The highest BCUT2D eigenvalue weighted by Crippen LogP contribution is 2.32. The zero-order chi connectivity index (χ0) is 18.8. The van der Waals surface area contributed by atoms with Gasteiger partial charge in [-0.3, -0.25) is 14.2 Å². The number of carbonyl (C=O) groups excluding carboxylic acids is 1. The number of hydrogen-bond donors (Lipinski definition) is 1. The summed E-state index contributed by atoms with van der Waals surface area (Å²) in [6.07, 6.45) is 5.12. The normalized spacial score (nSPS) is 22.1. The fourth-order valence-electron chi connectivity index (χ4n) is 3.70. The molecule has 0 bridgehead atoms. The third kappa shape index (κ3) is 4.26. The maximum absolute atomic E-state index is 12.7. The van der Waals surface area contributed by atoms with Gasteiger partial charge in [0.25, 0.3) is 5.56 Å². The van der Waals surface area contributed by atoms with Crippen LogP contribution in [-0.4, -0.2) is 57.5 Å². The van der Waals surface area contributed by atoms with Gasteiger partial charge in [0.15, 0.2) is 0 Å². The Kier molecular flexibility index (Phi) is 5.65. The highest BCUT2D eigenvalue weighted by atomic mass is 16.2. The van der Waals surface area contributed by atoms with Gasteiger partial charge < -0.3 is 14.8 Å². The number of carbonyl (C=O) groups is 1. The summed E-state index contributed by atoms with van der Waals surface area (Å²) in [5.41, 5.74) is -0.0243. The fourth-order valence-corrected chi connectivity index (χ4v) is 3.70. The number of hydrogen-bond acceptors (Lipinski definition) is 4. The molecule has 0 spiro atoms. The first-order valence-electron chi connectivity index (χ1n) is 9.66. The molecule has 144 valence electrons. The molecule has 7 heteroatoms. The van der Waals surface area contributed by atoms with E-state index in [4.69, 9.17) is 0 Å². The summed E-state index contributed by atoms with van der Waals surface area (Å²) in [4.78, 5) is 43.3. The molecule has 1 N–H and O–H groups in total. The van der Waals surface area contributed by atoms with Crippen molar-refractivity contribution >= 4 is 5.91 Å². The lowest BCUT2D eigenvalue weighted by atomic mass is 10.0. The first kappa shape index (κ1) is 18.9. The Morgan fingerprint density at radius 3 is 2.62 bits per heavy atom. The van der Waals surface area contributed by atoms with Crippen LogP contribution in [0.25, 0.3) is 0 Å². The molecule has 0 radical (unpaired) electrons. The van der Waals surface area contributed by atoms with E-state index in [0.29, 0.717) is 30.2 Å². The predicted octanol–water partition coefficient (Wildman–Crippen LogP) is 0.585. The van der Waals surface area contributed by atoms with E-state index in [9.17, 15) is 14.4 Å². The number of amides is 1. The van der Waals surface area contributed by atoms with E-state index >= 15 is 0 Å². The summed E-state index contributed by atoms with van der Waals surface area (Å²) in [6, 6.07) is 0.226. The Labute approximate surface area is 154 Å². The topological polar surface area (TPSA) is 78.4 Å². The second-order valence-corrected chi connectivity index (χ2v) is 8.08. The van der Waals surface area contributed by atoms with Gasteiger partial charge in [-0.1, -0.05) is 13.8 Å². The lowest BCUT2D eigenvalue weighted by Crippen LogP contribution is -2.47. The summed E-state index contributed by atoms with van der Waals surface area (Å²) in [5.74, 6) is 1.35. The minimum absolute atomic E-state index is 0.226. The zero-order valence-corrected chi connectivity index (χ0v) is 16.0. The van der Waals surface area contributed by atoms with Crippen molar-refractivity contribution in [1.82, 2.24) is 19.4 Å². The van der Waals surface area contributed by atoms with Crippen LogP contribution in [0.5, 0.6) is 0 Å². The van der Waals surface area contributed by atoms with Gasteiger partial charge >= 0.3 is 5.69 Å². The van der Waals surface area contributed by atoms with Gasteiger partial charge in [-0.15, -0.1) is 0 Å². The third-order valence-corrected chi connectivity index (χ3v) is 5.68. The number of nitrogens with zero attached hydrogens (tertiary/aromatic N) is 3. The minimum Gasteiger partial charge on any atom is -0.338 e. The van der Waals surface area contributed by atoms with Gasteiger partial charge in [0.2, 0.25) is 5.91 Å². The number of rotatable bonds is 6. The van der Waals surface area contributed by atoms with Crippen molar-refractivity contribution in [2.24, 2.45) is 18.9 Å². The lowest BCUT2D eigenvalue weighted by Gasteiger charge is -2.35. The Morgan fingerprint density at radius 2 is 1.96 bits per heavy atom. The van der Waals surface area contributed by atoms with Crippen LogP contribution in [0.15, 0.2) is 15.8 Å². The molecule has 1 aliphatic heterocycles. The summed E-state index contributed by atoms with van der Waals surface area (Å²) in [5, 5.41) is 0. The van der Waals surface area contributed by atoms with Crippen molar-refractivity contribution in [1.29, 1.82) is 0 Å². The summed E-state index contributed by atoms with van der Waals surface area (Å²) in [7, 11) is 1.49. The SMILES string of the molecule is CC(C)C1CN(CCc2c[nH]c(=O)n(C)c2=O)CCC(=O)N1CC1CC1. The molecule has 1 atom stereocenters. The van der Waals surface area contributed by atoms with Crippen LogP contribution in [0.1, 0.15) is 38.7 Å². The van der Waals surface area contributed by atoms with Gasteiger partial charge in [-0.05, 0) is 31.1 Å². The third-order valence-electron chi connectivity index (χ3n) is 5.68. The van der Waals surface area contributed by atoms with Crippen LogP contribution in [0, 0.1) is 11.8 Å². The molecule has 2 heterocycles. The van der Waals surface area contributed by atoms with Gasteiger partial charge in [-0.25, -0.2) is 4.79 Å². The molecule has 26 heavy (non-hydrogen) atoms. The van der Waals surface area contributed by atoms with Gasteiger partial charge in [0.05, 0.1) is 0 Å². The van der Waals surface area contributed by atoms with E-state index in [-0.39, 0.29) is 17.5 Å². The van der Waals surface area contributed by atoms with E-state index in [2.05, 4.69) is 28.6 Å². The first-order chi connectivity index (χ1) is 12.4. The van der Waals surface area contributed by atoms with E-state index in [1.165, 1.54) is 26.1 Å². The van der Waals surface area contributed by atoms with Crippen LogP contribution in [0.2, 0.25) is 0 Å². The van der Waals surface area contributed by atoms with Crippen molar-refractivity contribution in [2.75, 3.05) is 26.2 Å². The molecule has 2 aliphatic rings. The van der Waals surface area contributed by atoms with Gasteiger partial charge in [0.1, 0.15) is 0 Å². The number of H-pyrrole nitrogens is 1. The molecular formula is C19H30N4O3. The van der Waals surface area contributed by atoms with Crippen molar-refractivity contribution in [2.45, 2.75) is 45.6 Å². The molecule has 1 saturated carbocycles. The lowest BCUT2D eigenvalue weighted by molar-refractivity contribution is -0.133. The van der Waals surface area contributed by atoms with Crippen LogP contribution in [-0.2, 0) is 18.3 Å². The van der Waals surface area contributed by atoms with Crippen molar-refractivity contribution in [3.8, 4) is 0 Å². The average Bonchev–Trinajstić information content (AvgIpc) is 3.43. The Bertz CT molecular complexity index is 763. The molecule has 1 amide bonds. The van der Waals surface area contributed by atoms with E-state index in [1.807, 2.05) is 0 Å². The minimum atomic E-state index is -0.394. The Hall–Kier alpha value is -1.89. The number of aromatic nitrogens is 2. The smallest absolute Gasteiger partial charge is 0.328 e. The molecule has 1 aliphatic carbocycles. The summed E-state index contributed by atoms with van der Waals surface area (Å²) < 4.78 is 1.11. The zero-order valence-electron chi connectivity index (χ0n) is 16.0. The predicted molar refractivity (Wildman–Crippen MR) is 100 cm³/mol. The molecule has 7 nitrogen and oxygen atoms in total.